The van der Waals surface area contributed by atoms with Gasteiger partial charge in [0.2, 0.25) is 11.8 Å². The third-order valence-electron chi connectivity index (χ3n) is 5.44. The quantitative estimate of drug-likeness (QED) is 0.868. The van der Waals surface area contributed by atoms with Gasteiger partial charge in [-0.2, -0.15) is 0 Å². The number of carbonyl (C=O) groups excluding carboxylic acids is 2. The van der Waals surface area contributed by atoms with Gasteiger partial charge in [0.15, 0.2) is 0 Å². The first-order chi connectivity index (χ1) is 12.5. The van der Waals surface area contributed by atoms with Crippen molar-refractivity contribution in [3.05, 3.63) is 30.1 Å². The van der Waals surface area contributed by atoms with Crippen molar-refractivity contribution in [1.29, 1.82) is 0 Å². The van der Waals surface area contributed by atoms with Crippen molar-refractivity contribution >= 4 is 11.8 Å². The van der Waals surface area contributed by atoms with Gasteiger partial charge in [0.05, 0.1) is 19.3 Å². The van der Waals surface area contributed by atoms with Crippen LogP contribution in [0.4, 0.5) is 0 Å². The molecule has 3 rings (SSSR count). The molecule has 0 saturated carbocycles. The predicted octanol–water partition coefficient (Wildman–Crippen LogP) is 1.65. The molecule has 2 aliphatic heterocycles. The molecule has 0 spiro atoms. The molecule has 142 valence electrons. The van der Waals surface area contributed by atoms with Crippen molar-refractivity contribution in [2.45, 2.75) is 39.2 Å². The molecule has 6 heteroatoms. The van der Waals surface area contributed by atoms with Crippen LogP contribution in [0.2, 0.25) is 0 Å². The van der Waals surface area contributed by atoms with Crippen LogP contribution in [0.1, 0.15) is 32.3 Å². The van der Waals surface area contributed by atoms with E-state index < -0.39 is 0 Å². The van der Waals surface area contributed by atoms with Crippen LogP contribution >= 0.6 is 0 Å². The van der Waals surface area contributed by atoms with E-state index in [1.165, 1.54) is 5.56 Å². The van der Waals surface area contributed by atoms with E-state index >= 15 is 0 Å². The van der Waals surface area contributed by atoms with Crippen molar-refractivity contribution in [2.24, 2.45) is 17.8 Å². The summed E-state index contributed by atoms with van der Waals surface area (Å²) in [6, 6.07) is 4.09. The average molecular weight is 359 g/mol. The first-order valence-corrected chi connectivity index (χ1v) is 9.60. The molecule has 0 aromatic carbocycles. The van der Waals surface area contributed by atoms with E-state index in [1.54, 1.807) is 12.4 Å². The molecule has 1 aromatic heterocycles. The standard InChI is InChI=1S/C20H29N3O3/c1-14(2)20(25)23-9-5-16(6-10-23)19(24)22-18-13-26-12-17(18)11-15-3-7-21-8-4-15/h3-4,7-8,14,16-18H,5-6,9-13H2,1-2H3,(H,22,24)/t17-,18+/m1/s1. The Balaban J connectivity index is 1.49. The lowest BCUT2D eigenvalue weighted by molar-refractivity contribution is -0.138. The maximum atomic E-state index is 12.7. The molecule has 2 atom stereocenters. The van der Waals surface area contributed by atoms with Crippen LogP contribution in [0.15, 0.2) is 24.5 Å². The number of aromatic nitrogens is 1. The third kappa shape index (κ3) is 4.61. The summed E-state index contributed by atoms with van der Waals surface area (Å²) in [5.41, 5.74) is 1.22. The van der Waals surface area contributed by atoms with Crippen LogP contribution in [-0.4, -0.2) is 54.0 Å². The summed E-state index contributed by atoms with van der Waals surface area (Å²) in [6.45, 7) is 6.45. The van der Waals surface area contributed by atoms with E-state index in [-0.39, 0.29) is 29.7 Å². The first-order valence-electron chi connectivity index (χ1n) is 9.60. The van der Waals surface area contributed by atoms with E-state index in [2.05, 4.69) is 10.3 Å². The van der Waals surface area contributed by atoms with Gasteiger partial charge < -0.3 is 15.0 Å². The molecule has 0 bridgehead atoms. The summed E-state index contributed by atoms with van der Waals surface area (Å²) < 4.78 is 5.62. The van der Waals surface area contributed by atoms with Crippen molar-refractivity contribution in [1.82, 2.24) is 15.2 Å². The average Bonchev–Trinajstić information content (AvgIpc) is 3.08. The third-order valence-corrected chi connectivity index (χ3v) is 5.44. The van der Waals surface area contributed by atoms with Gasteiger partial charge in [-0.05, 0) is 37.0 Å². The number of nitrogens with zero attached hydrogens (tertiary/aromatic N) is 2. The van der Waals surface area contributed by atoms with E-state index in [9.17, 15) is 9.59 Å². The van der Waals surface area contributed by atoms with Gasteiger partial charge in [0.25, 0.3) is 0 Å². The van der Waals surface area contributed by atoms with Crippen molar-refractivity contribution in [3.8, 4) is 0 Å². The summed E-state index contributed by atoms with van der Waals surface area (Å²) in [6.07, 6.45) is 5.96. The number of nitrogens with one attached hydrogen (secondary N) is 1. The number of amides is 2. The fourth-order valence-electron chi connectivity index (χ4n) is 3.81. The zero-order valence-corrected chi connectivity index (χ0v) is 15.7. The Hall–Kier alpha value is -1.95. The monoisotopic (exact) mass is 359 g/mol. The van der Waals surface area contributed by atoms with E-state index in [0.717, 1.165) is 19.3 Å². The highest BCUT2D eigenvalue weighted by Crippen LogP contribution is 2.22. The van der Waals surface area contributed by atoms with Crippen LogP contribution in [0.3, 0.4) is 0 Å². The van der Waals surface area contributed by atoms with Crippen molar-refractivity contribution in [2.75, 3.05) is 26.3 Å². The Labute approximate surface area is 155 Å². The zero-order chi connectivity index (χ0) is 18.5. The fourth-order valence-corrected chi connectivity index (χ4v) is 3.81. The SMILES string of the molecule is CC(C)C(=O)N1CCC(C(=O)N[C@H]2COC[C@H]2Cc2ccncc2)CC1. The smallest absolute Gasteiger partial charge is 0.225 e. The van der Waals surface area contributed by atoms with Gasteiger partial charge >= 0.3 is 0 Å². The second-order valence-electron chi connectivity index (χ2n) is 7.73. The molecule has 0 unspecified atom stereocenters. The second-order valence-corrected chi connectivity index (χ2v) is 7.73. The molecule has 2 saturated heterocycles. The van der Waals surface area contributed by atoms with E-state index in [0.29, 0.717) is 32.2 Å². The minimum Gasteiger partial charge on any atom is -0.379 e. The van der Waals surface area contributed by atoms with Crippen LogP contribution in [0, 0.1) is 17.8 Å². The highest BCUT2D eigenvalue weighted by molar-refractivity contribution is 5.81. The molecule has 2 amide bonds. The molecule has 1 N–H and O–H groups in total. The van der Waals surface area contributed by atoms with Crippen molar-refractivity contribution < 1.29 is 14.3 Å². The molecular weight excluding hydrogens is 330 g/mol. The Morgan fingerprint density at radius 2 is 1.92 bits per heavy atom. The second kappa shape index (κ2) is 8.62. The minimum atomic E-state index is -0.00612. The molecule has 26 heavy (non-hydrogen) atoms. The highest BCUT2D eigenvalue weighted by atomic mass is 16.5. The molecule has 2 fully saturated rings. The minimum absolute atomic E-state index is 0.00612. The maximum absolute atomic E-state index is 12.7. The van der Waals surface area contributed by atoms with Gasteiger partial charge in [-0.15, -0.1) is 0 Å². The lowest BCUT2D eigenvalue weighted by Gasteiger charge is -2.33. The van der Waals surface area contributed by atoms with Crippen LogP contribution < -0.4 is 5.32 Å². The number of piperidine rings is 1. The van der Waals surface area contributed by atoms with Gasteiger partial charge in [0, 0.05) is 43.2 Å². The number of ether oxygens (including phenoxy) is 1. The predicted molar refractivity (Wildman–Crippen MR) is 98.3 cm³/mol. The lowest BCUT2D eigenvalue weighted by atomic mass is 9.92. The zero-order valence-electron chi connectivity index (χ0n) is 15.7. The Morgan fingerprint density at radius 3 is 2.58 bits per heavy atom. The summed E-state index contributed by atoms with van der Waals surface area (Å²) >= 11 is 0. The number of likely N-dealkylation sites (tertiary alicyclic amines) is 1. The summed E-state index contributed by atoms with van der Waals surface area (Å²) in [7, 11) is 0. The molecule has 2 aliphatic rings. The van der Waals surface area contributed by atoms with Crippen molar-refractivity contribution in [3.63, 3.8) is 0 Å². The number of carbonyl (C=O) groups is 2. The number of hydrogen-bond donors (Lipinski definition) is 1. The number of rotatable bonds is 5. The molecule has 3 heterocycles. The first kappa shape index (κ1) is 18.8. The topological polar surface area (TPSA) is 71.5 Å². The van der Waals surface area contributed by atoms with Crippen LogP contribution in [-0.2, 0) is 20.7 Å². The van der Waals surface area contributed by atoms with Crippen LogP contribution in [0.25, 0.3) is 0 Å². The summed E-state index contributed by atoms with van der Waals surface area (Å²) in [4.78, 5) is 30.7. The molecular formula is C20H29N3O3. The van der Waals surface area contributed by atoms with Gasteiger partial charge in [-0.25, -0.2) is 0 Å². The normalized spacial score (nSPS) is 24.0. The number of pyridine rings is 1. The molecule has 0 aliphatic carbocycles. The lowest BCUT2D eigenvalue weighted by Crippen LogP contribution is -2.48. The molecule has 6 nitrogen and oxygen atoms in total. The van der Waals surface area contributed by atoms with Gasteiger partial charge in [-0.3, -0.25) is 14.6 Å². The van der Waals surface area contributed by atoms with Crippen LogP contribution in [0.5, 0.6) is 0 Å². The van der Waals surface area contributed by atoms with E-state index in [4.69, 9.17) is 4.74 Å². The molecule has 1 aromatic rings. The number of hydrogen-bond acceptors (Lipinski definition) is 4. The van der Waals surface area contributed by atoms with Gasteiger partial charge in [0.1, 0.15) is 0 Å². The largest absolute Gasteiger partial charge is 0.379 e. The Bertz CT molecular complexity index is 612. The summed E-state index contributed by atoms with van der Waals surface area (Å²) in [5.74, 6) is 0.602. The summed E-state index contributed by atoms with van der Waals surface area (Å²) in [5, 5.41) is 3.20. The van der Waals surface area contributed by atoms with Gasteiger partial charge in [-0.1, -0.05) is 13.8 Å². The van der Waals surface area contributed by atoms with E-state index in [1.807, 2.05) is 30.9 Å². The Kier molecular flexibility index (Phi) is 6.25. The Morgan fingerprint density at radius 1 is 1.23 bits per heavy atom. The maximum Gasteiger partial charge on any atom is 0.225 e. The fraction of sp³-hybridized carbons (Fsp3) is 0.650. The highest BCUT2D eigenvalue weighted by Gasteiger charge is 2.33. The molecule has 0 radical (unpaired) electrons.